The van der Waals surface area contributed by atoms with E-state index in [4.69, 9.17) is 17.3 Å². The number of aromatic nitrogens is 1. The Hall–Kier alpha value is -1.20. The molecule has 0 radical (unpaired) electrons. The Morgan fingerprint density at radius 2 is 2.38 bits per heavy atom. The molecule has 0 saturated carbocycles. The maximum atomic E-state index is 10.5. The second kappa shape index (κ2) is 3.68. The van der Waals surface area contributed by atoms with Gasteiger partial charge in [0.25, 0.3) is 0 Å². The van der Waals surface area contributed by atoms with Crippen molar-refractivity contribution in [2.24, 2.45) is 5.73 Å². The molecule has 1 rings (SSSR count). The van der Waals surface area contributed by atoms with Gasteiger partial charge in [-0.15, -0.1) is 0 Å². The van der Waals surface area contributed by atoms with Gasteiger partial charge >= 0.3 is 5.69 Å². The van der Waals surface area contributed by atoms with Crippen LogP contribution in [0.3, 0.4) is 0 Å². The molecule has 6 heteroatoms. The summed E-state index contributed by atoms with van der Waals surface area (Å²) in [5.41, 5.74) is 5.94. The van der Waals surface area contributed by atoms with E-state index in [0.29, 0.717) is 5.69 Å². The van der Waals surface area contributed by atoms with Crippen molar-refractivity contribution in [3.8, 4) is 0 Å². The Balaban J connectivity index is 3.38. The zero-order chi connectivity index (χ0) is 10.0. The van der Waals surface area contributed by atoms with Crippen LogP contribution in [0.25, 0.3) is 0 Å². The molecule has 0 bridgehead atoms. The Kier molecular flexibility index (Phi) is 2.79. The van der Waals surface area contributed by atoms with Crippen molar-refractivity contribution < 1.29 is 4.92 Å². The SMILES string of the molecule is Cc1cc(Cl)c([N+](=O)[O-])c(CN)n1. The van der Waals surface area contributed by atoms with Gasteiger partial charge < -0.3 is 5.73 Å². The number of hydrogen-bond donors (Lipinski definition) is 1. The number of rotatable bonds is 2. The van der Waals surface area contributed by atoms with Crippen molar-refractivity contribution in [1.82, 2.24) is 4.98 Å². The first-order valence-corrected chi connectivity index (χ1v) is 3.94. The molecule has 1 heterocycles. The highest BCUT2D eigenvalue weighted by Gasteiger charge is 2.19. The summed E-state index contributed by atoms with van der Waals surface area (Å²) in [6.45, 7) is 1.71. The van der Waals surface area contributed by atoms with Gasteiger partial charge in [-0.05, 0) is 13.0 Å². The first-order valence-electron chi connectivity index (χ1n) is 3.56. The normalized spacial score (nSPS) is 10.1. The molecule has 0 aliphatic heterocycles. The molecule has 1 aromatic heterocycles. The predicted octanol–water partition coefficient (Wildman–Crippen LogP) is 1.41. The Morgan fingerprint density at radius 3 is 2.85 bits per heavy atom. The van der Waals surface area contributed by atoms with Crippen LogP contribution in [0.4, 0.5) is 5.69 Å². The number of nitro groups is 1. The molecule has 0 aromatic carbocycles. The molecule has 0 aliphatic carbocycles. The first kappa shape index (κ1) is 9.88. The third-order valence-corrected chi connectivity index (χ3v) is 1.81. The van der Waals surface area contributed by atoms with Gasteiger partial charge in [0.2, 0.25) is 0 Å². The van der Waals surface area contributed by atoms with Crippen LogP contribution in [0.5, 0.6) is 0 Å². The highest BCUT2D eigenvalue weighted by atomic mass is 35.5. The molecule has 0 atom stereocenters. The van der Waals surface area contributed by atoms with E-state index in [1.165, 1.54) is 6.07 Å². The third kappa shape index (κ3) is 1.93. The fourth-order valence-electron chi connectivity index (χ4n) is 1.02. The van der Waals surface area contributed by atoms with Crippen LogP contribution in [0.2, 0.25) is 5.02 Å². The van der Waals surface area contributed by atoms with Crippen LogP contribution >= 0.6 is 11.6 Å². The number of nitrogens with two attached hydrogens (primary N) is 1. The summed E-state index contributed by atoms with van der Waals surface area (Å²) in [4.78, 5) is 13.9. The van der Waals surface area contributed by atoms with Crippen LogP contribution < -0.4 is 5.73 Å². The largest absolute Gasteiger partial charge is 0.325 e. The molecule has 0 unspecified atom stereocenters. The summed E-state index contributed by atoms with van der Waals surface area (Å²) in [5, 5.41) is 10.6. The standard InChI is InChI=1S/C7H8ClN3O2/c1-4-2-5(8)7(11(12)13)6(3-9)10-4/h2H,3,9H2,1H3. The highest BCUT2D eigenvalue weighted by molar-refractivity contribution is 6.32. The molecule has 0 spiro atoms. The minimum Gasteiger partial charge on any atom is -0.325 e. The van der Waals surface area contributed by atoms with E-state index in [-0.39, 0.29) is 22.9 Å². The molecule has 70 valence electrons. The van der Waals surface area contributed by atoms with E-state index in [1.807, 2.05) is 0 Å². The van der Waals surface area contributed by atoms with Crippen LogP contribution in [0.1, 0.15) is 11.4 Å². The summed E-state index contributed by atoms with van der Waals surface area (Å²) in [7, 11) is 0. The van der Waals surface area contributed by atoms with Crippen LogP contribution in [-0.4, -0.2) is 9.91 Å². The lowest BCUT2D eigenvalue weighted by Crippen LogP contribution is -2.06. The molecule has 5 nitrogen and oxygen atoms in total. The first-order chi connectivity index (χ1) is 6.06. The molecule has 0 aliphatic rings. The number of hydrogen-bond acceptors (Lipinski definition) is 4. The third-order valence-electron chi connectivity index (χ3n) is 1.52. The molecule has 0 saturated heterocycles. The molecule has 0 amide bonds. The van der Waals surface area contributed by atoms with E-state index in [2.05, 4.69) is 4.98 Å². The lowest BCUT2D eigenvalue weighted by atomic mass is 10.2. The van der Waals surface area contributed by atoms with E-state index >= 15 is 0 Å². The molecular formula is C7H8ClN3O2. The van der Waals surface area contributed by atoms with Gasteiger partial charge in [0.05, 0.1) is 4.92 Å². The molecule has 13 heavy (non-hydrogen) atoms. The number of aryl methyl sites for hydroxylation is 1. The maximum Gasteiger partial charge on any atom is 0.310 e. The Morgan fingerprint density at radius 1 is 1.77 bits per heavy atom. The van der Waals surface area contributed by atoms with Crippen LogP contribution in [0.15, 0.2) is 6.07 Å². The lowest BCUT2D eigenvalue weighted by Gasteiger charge is -2.02. The number of halogens is 1. The summed E-state index contributed by atoms with van der Waals surface area (Å²) < 4.78 is 0. The Labute approximate surface area is 79.7 Å². The van der Waals surface area contributed by atoms with Crippen molar-refractivity contribution in [1.29, 1.82) is 0 Å². The fourth-order valence-corrected chi connectivity index (χ4v) is 1.36. The quantitative estimate of drug-likeness (QED) is 0.579. The van der Waals surface area contributed by atoms with E-state index in [0.717, 1.165) is 0 Å². The van der Waals surface area contributed by atoms with E-state index < -0.39 is 4.92 Å². The zero-order valence-corrected chi connectivity index (χ0v) is 7.71. The average molecular weight is 202 g/mol. The summed E-state index contributed by atoms with van der Waals surface area (Å²) in [5.74, 6) is 0. The predicted molar refractivity (Wildman–Crippen MR) is 48.5 cm³/mol. The second-order valence-electron chi connectivity index (χ2n) is 2.50. The van der Waals surface area contributed by atoms with Gasteiger partial charge in [-0.3, -0.25) is 10.1 Å². The number of nitrogens with zero attached hydrogens (tertiary/aromatic N) is 2. The van der Waals surface area contributed by atoms with Crippen molar-refractivity contribution >= 4 is 17.3 Å². The minimum atomic E-state index is -0.572. The Bertz CT molecular complexity index is 354. The smallest absolute Gasteiger partial charge is 0.310 e. The topological polar surface area (TPSA) is 82.0 Å². The minimum absolute atomic E-state index is 0.0116. The monoisotopic (exact) mass is 201 g/mol. The van der Waals surface area contributed by atoms with Crippen LogP contribution in [0, 0.1) is 17.0 Å². The van der Waals surface area contributed by atoms with Crippen molar-refractivity contribution in [3.05, 3.63) is 32.6 Å². The van der Waals surface area contributed by atoms with Gasteiger partial charge in [-0.2, -0.15) is 0 Å². The van der Waals surface area contributed by atoms with Gasteiger partial charge in [0.15, 0.2) is 0 Å². The van der Waals surface area contributed by atoms with Gasteiger partial charge in [-0.25, -0.2) is 4.98 Å². The number of pyridine rings is 1. The van der Waals surface area contributed by atoms with Crippen molar-refractivity contribution in [2.45, 2.75) is 13.5 Å². The molecule has 2 N–H and O–H groups in total. The van der Waals surface area contributed by atoms with Gasteiger partial charge in [0.1, 0.15) is 10.7 Å². The molecule has 0 fully saturated rings. The molecular weight excluding hydrogens is 194 g/mol. The molecule has 1 aromatic rings. The van der Waals surface area contributed by atoms with Gasteiger partial charge in [0, 0.05) is 12.2 Å². The van der Waals surface area contributed by atoms with Crippen molar-refractivity contribution in [2.75, 3.05) is 0 Å². The summed E-state index contributed by atoms with van der Waals surface area (Å²) in [6, 6.07) is 1.44. The van der Waals surface area contributed by atoms with Gasteiger partial charge in [-0.1, -0.05) is 11.6 Å². The second-order valence-corrected chi connectivity index (χ2v) is 2.91. The zero-order valence-electron chi connectivity index (χ0n) is 6.95. The van der Waals surface area contributed by atoms with Crippen LogP contribution in [-0.2, 0) is 6.54 Å². The van der Waals surface area contributed by atoms with Crippen molar-refractivity contribution in [3.63, 3.8) is 0 Å². The highest BCUT2D eigenvalue weighted by Crippen LogP contribution is 2.27. The lowest BCUT2D eigenvalue weighted by molar-refractivity contribution is -0.385. The van der Waals surface area contributed by atoms with E-state index in [1.54, 1.807) is 6.92 Å². The summed E-state index contributed by atoms with van der Waals surface area (Å²) >= 11 is 5.67. The fraction of sp³-hybridized carbons (Fsp3) is 0.286. The maximum absolute atomic E-state index is 10.5. The van der Waals surface area contributed by atoms with E-state index in [9.17, 15) is 10.1 Å². The summed E-state index contributed by atoms with van der Waals surface area (Å²) in [6.07, 6.45) is 0. The average Bonchev–Trinajstić information content (AvgIpc) is 2.01.